The van der Waals surface area contributed by atoms with Gasteiger partial charge in [-0.25, -0.2) is 9.59 Å². The van der Waals surface area contributed by atoms with Crippen LogP contribution in [0, 0.1) is 19.8 Å². The summed E-state index contributed by atoms with van der Waals surface area (Å²) in [6.45, 7) is 8.70. The molecule has 0 saturated heterocycles. The highest BCUT2D eigenvalue weighted by molar-refractivity contribution is 5.87. The number of aryl methyl sites for hydroxylation is 1. The molecule has 0 fully saturated rings. The number of rotatable bonds is 7. The molecule has 0 spiro atoms. The van der Waals surface area contributed by atoms with Crippen LogP contribution in [0.3, 0.4) is 0 Å². The first-order chi connectivity index (χ1) is 12.6. The van der Waals surface area contributed by atoms with Crippen LogP contribution < -0.4 is 15.7 Å². The highest BCUT2D eigenvalue weighted by Gasteiger charge is 2.28. The van der Waals surface area contributed by atoms with E-state index in [1.54, 1.807) is 32.0 Å². The van der Waals surface area contributed by atoms with E-state index in [9.17, 15) is 19.5 Å². The SMILES string of the molecule is CC[C@H](C)[C@@H](NC(=O)[C@@H](C)Oc1ccc2c(C)c(C)c(=O)oc2c1)C(=O)O. The standard InChI is InChI=1S/C20H25NO6/c1-6-10(2)17(19(23)24)21-18(22)13(5)26-14-7-8-15-11(3)12(4)20(25)27-16(15)9-14/h7-10,13,17H,6H2,1-5H3,(H,21,22)(H,23,24)/t10-,13+,17+/m0/s1. The van der Waals surface area contributed by atoms with Crippen molar-refractivity contribution in [1.82, 2.24) is 5.32 Å². The summed E-state index contributed by atoms with van der Waals surface area (Å²) in [5.41, 5.74) is 1.34. The molecular formula is C20H25NO6. The quantitative estimate of drug-likeness (QED) is 0.721. The van der Waals surface area contributed by atoms with Crippen LogP contribution in [0.5, 0.6) is 5.75 Å². The number of ether oxygens (including phenoxy) is 1. The number of amides is 1. The van der Waals surface area contributed by atoms with Crippen molar-refractivity contribution in [3.8, 4) is 5.75 Å². The zero-order chi connectivity index (χ0) is 20.3. The van der Waals surface area contributed by atoms with E-state index < -0.39 is 29.6 Å². The Kier molecular flexibility index (Phi) is 6.25. The Hall–Kier alpha value is -2.83. The first-order valence-electron chi connectivity index (χ1n) is 8.89. The summed E-state index contributed by atoms with van der Waals surface area (Å²) in [6, 6.07) is 4.02. The number of benzene rings is 1. The largest absolute Gasteiger partial charge is 0.481 e. The zero-order valence-corrected chi connectivity index (χ0v) is 16.2. The molecule has 1 amide bonds. The van der Waals surface area contributed by atoms with Gasteiger partial charge < -0.3 is 19.6 Å². The minimum absolute atomic E-state index is 0.209. The monoisotopic (exact) mass is 375 g/mol. The minimum atomic E-state index is -1.08. The number of aliphatic carboxylic acids is 1. The summed E-state index contributed by atoms with van der Waals surface area (Å²) in [6.07, 6.45) is -0.291. The van der Waals surface area contributed by atoms with E-state index in [1.807, 2.05) is 13.8 Å². The molecule has 7 nitrogen and oxygen atoms in total. The summed E-state index contributed by atoms with van der Waals surface area (Å²) in [5.74, 6) is -1.46. The Labute approximate surface area is 157 Å². The van der Waals surface area contributed by atoms with Crippen molar-refractivity contribution in [2.75, 3.05) is 0 Å². The Morgan fingerprint density at radius 1 is 1.22 bits per heavy atom. The van der Waals surface area contributed by atoms with Crippen LogP contribution in [0.25, 0.3) is 11.0 Å². The second-order valence-corrected chi connectivity index (χ2v) is 6.77. The first kappa shape index (κ1) is 20.5. The van der Waals surface area contributed by atoms with Crippen LogP contribution in [-0.2, 0) is 9.59 Å². The predicted octanol–water partition coefficient (Wildman–Crippen LogP) is 2.79. The lowest BCUT2D eigenvalue weighted by atomic mass is 9.99. The minimum Gasteiger partial charge on any atom is -0.481 e. The van der Waals surface area contributed by atoms with Crippen LogP contribution in [0.2, 0.25) is 0 Å². The van der Waals surface area contributed by atoms with Gasteiger partial charge in [-0.05, 0) is 44.4 Å². The molecule has 2 N–H and O–H groups in total. The molecule has 0 aliphatic rings. The fraction of sp³-hybridized carbons (Fsp3) is 0.450. The second-order valence-electron chi connectivity index (χ2n) is 6.77. The van der Waals surface area contributed by atoms with Crippen molar-refractivity contribution in [2.24, 2.45) is 5.92 Å². The van der Waals surface area contributed by atoms with Crippen LogP contribution in [0.1, 0.15) is 38.3 Å². The van der Waals surface area contributed by atoms with Gasteiger partial charge in [0, 0.05) is 17.0 Å². The maximum Gasteiger partial charge on any atom is 0.339 e. The van der Waals surface area contributed by atoms with Crippen molar-refractivity contribution < 1.29 is 23.8 Å². The number of carbonyl (C=O) groups excluding carboxylic acids is 1. The molecule has 0 radical (unpaired) electrons. The highest BCUT2D eigenvalue weighted by Crippen LogP contribution is 2.24. The summed E-state index contributed by atoms with van der Waals surface area (Å²) in [7, 11) is 0. The van der Waals surface area contributed by atoms with E-state index in [-0.39, 0.29) is 5.92 Å². The number of nitrogens with one attached hydrogen (secondary N) is 1. The van der Waals surface area contributed by atoms with Crippen LogP contribution in [-0.4, -0.2) is 29.1 Å². The van der Waals surface area contributed by atoms with Crippen LogP contribution in [0.15, 0.2) is 27.4 Å². The number of carbonyl (C=O) groups is 2. The molecule has 2 rings (SSSR count). The number of hydrogen-bond acceptors (Lipinski definition) is 5. The summed E-state index contributed by atoms with van der Waals surface area (Å²) < 4.78 is 10.9. The summed E-state index contributed by atoms with van der Waals surface area (Å²) in [4.78, 5) is 35.5. The first-order valence-corrected chi connectivity index (χ1v) is 8.89. The molecule has 27 heavy (non-hydrogen) atoms. The predicted molar refractivity (Wildman–Crippen MR) is 101 cm³/mol. The Morgan fingerprint density at radius 2 is 1.89 bits per heavy atom. The van der Waals surface area contributed by atoms with Gasteiger partial charge in [0.1, 0.15) is 17.4 Å². The van der Waals surface area contributed by atoms with E-state index in [1.165, 1.54) is 6.92 Å². The molecule has 0 aliphatic heterocycles. The third kappa shape index (κ3) is 4.48. The third-order valence-corrected chi connectivity index (χ3v) is 4.89. The molecule has 0 unspecified atom stereocenters. The Morgan fingerprint density at radius 3 is 2.48 bits per heavy atom. The maximum absolute atomic E-state index is 12.3. The Bertz CT molecular complexity index is 917. The van der Waals surface area contributed by atoms with Gasteiger partial charge in [0.15, 0.2) is 6.10 Å². The molecule has 1 aromatic heterocycles. The van der Waals surface area contributed by atoms with E-state index in [0.29, 0.717) is 23.3 Å². The molecular weight excluding hydrogens is 350 g/mol. The fourth-order valence-electron chi connectivity index (χ4n) is 2.71. The van der Waals surface area contributed by atoms with E-state index in [2.05, 4.69) is 5.32 Å². The molecule has 3 atom stereocenters. The number of fused-ring (bicyclic) bond motifs is 1. The molecule has 2 aromatic rings. The average Bonchev–Trinajstić information content (AvgIpc) is 2.62. The van der Waals surface area contributed by atoms with Gasteiger partial charge in [-0.3, -0.25) is 4.79 Å². The normalized spacial score (nSPS) is 14.4. The molecule has 1 heterocycles. The van der Waals surface area contributed by atoms with Gasteiger partial charge in [0.05, 0.1) is 0 Å². The second kappa shape index (κ2) is 8.24. The summed E-state index contributed by atoms with van der Waals surface area (Å²) in [5, 5.41) is 12.6. The van der Waals surface area contributed by atoms with E-state index in [0.717, 1.165) is 10.9 Å². The molecule has 0 saturated carbocycles. The van der Waals surface area contributed by atoms with Gasteiger partial charge in [-0.1, -0.05) is 20.3 Å². The van der Waals surface area contributed by atoms with Crippen LogP contribution in [0.4, 0.5) is 0 Å². The van der Waals surface area contributed by atoms with Crippen molar-refractivity contribution >= 4 is 22.8 Å². The number of carboxylic acid groups (broad SMARTS) is 1. The van der Waals surface area contributed by atoms with Gasteiger partial charge >= 0.3 is 11.6 Å². The number of carboxylic acids is 1. The van der Waals surface area contributed by atoms with Crippen molar-refractivity contribution in [3.63, 3.8) is 0 Å². The maximum atomic E-state index is 12.3. The fourth-order valence-corrected chi connectivity index (χ4v) is 2.71. The van der Waals surface area contributed by atoms with Gasteiger partial charge in [0.2, 0.25) is 0 Å². The van der Waals surface area contributed by atoms with Gasteiger partial charge in [0.25, 0.3) is 5.91 Å². The lowest BCUT2D eigenvalue weighted by Gasteiger charge is -2.22. The molecule has 0 bridgehead atoms. The van der Waals surface area contributed by atoms with Crippen molar-refractivity contribution in [2.45, 2.75) is 53.2 Å². The average molecular weight is 375 g/mol. The molecule has 7 heteroatoms. The summed E-state index contributed by atoms with van der Waals surface area (Å²) >= 11 is 0. The lowest BCUT2D eigenvalue weighted by Crippen LogP contribution is -2.49. The topological polar surface area (TPSA) is 106 Å². The zero-order valence-electron chi connectivity index (χ0n) is 16.2. The van der Waals surface area contributed by atoms with Gasteiger partial charge in [-0.2, -0.15) is 0 Å². The van der Waals surface area contributed by atoms with Crippen LogP contribution >= 0.6 is 0 Å². The highest BCUT2D eigenvalue weighted by atomic mass is 16.5. The smallest absolute Gasteiger partial charge is 0.339 e. The lowest BCUT2D eigenvalue weighted by molar-refractivity contribution is -0.144. The van der Waals surface area contributed by atoms with Gasteiger partial charge in [-0.15, -0.1) is 0 Å². The van der Waals surface area contributed by atoms with E-state index in [4.69, 9.17) is 9.15 Å². The Balaban J connectivity index is 2.18. The van der Waals surface area contributed by atoms with Crippen molar-refractivity contribution in [1.29, 1.82) is 0 Å². The molecule has 0 aliphatic carbocycles. The molecule has 1 aromatic carbocycles. The number of hydrogen-bond donors (Lipinski definition) is 2. The molecule has 146 valence electrons. The van der Waals surface area contributed by atoms with Crippen molar-refractivity contribution in [3.05, 3.63) is 39.7 Å². The third-order valence-electron chi connectivity index (χ3n) is 4.89. The van der Waals surface area contributed by atoms with E-state index >= 15 is 0 Å².